The van der Waals surface area contributed by atoms with E-state index >= 15 is 0 Å². The van der Waals surface area contributed by atoms with Gasteiger partial charge in [0.2, 0.25) is 0 Å². The monoisotopic (exact) mass is 211 g/mol. The molecule has 2 fully saturated rings. The van der Waals surface area contributed by atoms with Crippen molar-refractivity contribution in [2.75, 3.05) is 13.2 Å². The van der Waals surface area contributed by atoms with E-state index in [0.29, 0.717) is 12.0 Å². The second-order valence-electron chi connectivity index (χ2n) is 5.51. The van der Waals surface area contributed by atoms with E-state index in [4.69, 9.17) is 10.5 Å². The Morgan fingerprint density at radius 2 is 2.07 bits per heavy atom. The molecule has 15 heavy (non-hydrogen) atoms. The van der Waals surface area contributed by atoms with Crippen LogP contribution >= 0.6 is 0 Å². The summed E-state index contributed by atoms with van der Waals surface area (Å²) in [6.07, 6.45) is 8.50. The highest BCUT2D eigenvalue weighted by molar-refractivity contribution is 4.84. The molecule has 2 aliphatic rings. The minimum atomic E-state index is 0.478. The zero-order valence-electron chi connectivity index (χ0n) is 9.95. The summed E-state index contributed by atoms with van der Waals surface area (Å²) in [6.45, 7) is 4.16. The van der Waals surface area contributed by atoms with Crippen molar-refractivity contribution in [3.05, 3.63) is 0 Å². The third kappa shape index (κ3) is 2.73. The van der Waals surface area contributed by atoms with E-state index in [2.05, 4.69) is 6.92 Å². The van der Waals surface area contributed by atoms with Crippen LogP contribution in [0.25, 0.3) is 0 Å². The van der Waals surface area contributed by atoms with Gasteiger partial charge in [-0.05, 0) is 50.0 Å². The summed E-state index contributed by atoms with van der Waals surface area (Å²) >= 11 is 0. The Kier molecular flexibility index (Phi) is 4.04. The van der Waals surface area contributed by atoms with Gasteiger partial charge in [0.25, 0.3) is 0 Å². The Morgan fingerprint density at radius 3 is 2.80 bits per heavy atom. The molecule has 0 aromatic carbocycles. The van der Waals surface area contributed by atoms with Crippen LogP contribution < -0.4 is 5.73 Å². The predicted molar refractivity (Wildman–Crippen MR) is 62.6 cm³/mol. The van der Waals surface area contributed by atoms with Gasteiger partial charge in [-0.3, -0.25) is 0 Å². The molecule has 0 aromatic rings. The zero-order valence-corrected chi connectivity index (χ0v) is 9.95. The largest absolute Gasteiger partial charge is 0.378 e. The normalized spacial score (nSPS) is 42.8. The van der Waals surface area contributed by atoms with Crippen molar-refractivity contribution >= 4 is 0 Å². The van der Waals surface area contributed by atoms with Gasteiger partial charge in [0.05, 0.1) is 6.10 Å². The van der Waals surface area contributed by atoms with Gasteiger partial charge in [-0.1, -0.05) is 19.8 Å². The molecule has 2 heteroatoms. The molecule has 1 saturated heterocycles. The van der Waals surface area contributed by atoms with Gasteiger partial charge < -0.3 is 10.5 Å². The lowest BCUT2D eigenvalue weighted by Crippen LogP contribution is -2.41. The van der Waals surface area contributed by atoms with E-state index in [1.54, 1.807) is 0 Å². The fourth-order valence-corrected chi connectivity index (χ4v) is 3.42. The first-order valence-electron chi connectivity index (χ1n) is 6.63. The number of hydrogen-bond acceptors (Lipinski definition) is 2. The highest BCUT2D eigenvalue weighted by Crippen LogP contribution is 2.37. The molecule has 1 heterocycles. The minimum absolute atomic E-state index is 0.478. The van der Waals surface area contributed by atoms with Crippen LogP contribution in [0.15, 0.2) is 0 Å². The van der Waals surface area contributed by atoms with Crippen molar-refractivity contribution in [1.29, 1.82) is 0 Å². The van der Waals surface area contributed by atoms with Crippen molar-refractivity contribution < 1.29 is 4.74 Å². The maximum absolute atomic E-state index is 5.99. The Morgan fingerprint density at radius 1 is 1.20 bits per heavy atom. The molecule has 0 bridgehead atoms. The molecule has 1 saturated carbocycles. The quantitative estimate of drug-likeness (QED) is 0.762. The van der Waals surface area contributed by atoms with Crippen LogP contribution in [0.3, 0.4) is 0 Å². The van der Waals surface area contributed by atoms with Gasteiger partial charge in [-0.15, -0.1) is 0 Å². The van der Waals surface area contributed by atoms with E-state index in [-0.39, 0.29) is 0 Å². The average Bonchev–Trinajstić information content (AvgIpc) is 2.29. The molecular weight excluding hydrogens is 186 g/mol. The van der Waals surface area contributed by atoms with Gasteiger partial charge >= 0.3 is 0 Å². The molecule has 0 spiro atoms. The second-order valence-corrected chi connectivity index (χ2v) is 5.51. The topological polar surface area (TPSA) is 35.2 Å². The second kappa shape index (κ2) is 5.31. The standard InChI is InChI=1S/C13H25NO/c1-10-4-2-5-11(8-10)13-12(9-14)6-3-7-15-13/h10-13H,2-9,14H2,1H3. The fourth-order valence-electron chi connectivity index (χ4n) is 3.42. The molecule has 4 atom stereocenters. The number of rotatable bonds is 2. The van der Waals surface area contributed by atoms with Gasteiger partial charge in [0.1, 0.15) is 0 Å². The van der Waals surface area contributed by atoms with Gasteiger partial charge in [0.15, 0.2) is 0 Å². The van der Waals surface area contributed by atoms with Gasteiger partial charge in [0, 0.05) is 6.61 Å². The Hall–Kier alpha value is -0.0800. The van der Waals surface area contributed by atoms with Crippen LogP contribution in [-0.4, -0.2) is 19.3 Å². The highest BCUT2D eigenvalue weighted by atomic mass is 16.5. The molecule has 88 valence electrons. The van der Waals surface area contributed by atoms with Gasteiger partial charge in [-0.2, -0.15) is 0 Å². The van der Waals surface area contributed by atoms with Crippen LogP contribution in [-0.2, 0) is 4.74 Å². The lowest BCUT2D eigenvalue weighted by Gasteiger charge is -2.39. The molecule has 4 unspecified atom stereocenters. The number of hydrogen-bond donors (Lipinski definition) is 1. The van der Waals surface area contributed by atoms with E-state index in [9.17, 15) is 0 Å². The Balaban J connectivity index is 1.94. The van der Waals surface area contributed by atoms with Crippen LogP contribution in [0.4, 0.5) is 0 Å². The Bertz CT molecular complexity index is 195. The van der Waals surface area contributed by atoms with E-state index in [1.807, 2.05) is 0 Å². The SMILES string of the molecule is CC1CCCC(C2OCCCC2CN)C1. The fraction of sp³-hybridized carbons (Fsp3) is 1.00. The first-order chi connectivity index (χ1) is 7.31. The third-order valence-corrected chi connectivity index (χ3v) is 4.24. The van der Waals surface area contributed by atoms with Crippen molar-refractivity contribution in [2.45, 2.75) is 51.6 Å². The molecular formula is C13H25NO. The maximum Gasteiger partial charge on any atom is 0.0643 e. The van der Waals surface area contributed by atoms with Crippen molar-refractivity contribution in [3.63, 3.8) is 0 Å². The summed E-state index contributed by atoms with van der Waals surface area (Å²) in [5, 5.41) is 0. The third-order valence-electron chi connectivity index (χ3n) is 4.24. The Labute approximate surface area is 93.6 Å². The number of nitrogens with two attached hydrogens (primary N) is 1. The molecule has 1 aliphatic heterocycles. The molecule has 0 amide bonds. The molecule has 0 radical (unpaired) electrons. The first kappa shape index (κ1) is 11.4. The summed E-state index contributed by atoms with van der Waals surface area (Å²) in [7, 11) is 0. The van der Waals surface area contributed by atoms with Crippen molar-refractivity contribution in [3.8, 4) is 0 Å². The molecule has 2 nitrogen and oxygen atoms in total. The summed E-state index contributed by atoms with van der Waals surface area (Å²) < 4.78 is 5.99. The van der Waals surface area contributed by atoms with Gasteiger partial charge in [-0.25, -0.2) is 0 Å². The lowest BCUT2D eigenvalue weighted by atomic mass is 9.74. The molecule has 1 aliphatic carbocycles. The van der Waals surface area contributed by atoms with Crippen molar-refractivity contribution in [2.24, 2.45) is 23.5 Å². The van der Waals surface area contributed by atoms with Crippen LogP contribution in [0.5, 0.6) is 0 Å². The van der Waals surface area contributed by atoms with Crippen LogP contribution in [0.2, 0.25) is 0 Å². The molecule has 2 rings (SSSR count). The smallest absolute Gasteiger partial charge is 0.0643 e. The van der Waals surface area contributed by atoms with E-state index < -0.39 is 0 Å². The summed E-state index contributed by atoms with van der Waals surface area (Å²) in [6, 6.07) is 0. The van der Waals surface area contributed by atoms with Crippen LogP contribution in [0.1, 0.15) is 45.4 Å². The van der Waals surface area contributed by atoms with E-state index in [0.717, 1.165) is 25.0 Å². The van der Waals surface area contributed by atoms with E-state index in [1.165, 1.54) is 38.5 Å². The lowest BCUT2D eigenvalue weighted by molar-refractivity contribution is -0.0699. The van der Waals surface area contributed by atoms with Crippen LogP contribution in [0, 0.1) is 17.8 Å². The predicted octanol–water partition coefficient (Wildman–Crippen LogP) is 2.57. The minimum Gasteiger partial charge on any atom is -0.378 e. The summed E-state index contributed by atoms with van der Waals surface area (Å²) in [5.74, 6) is 2.32. The molecule has 0 aromatic heterocycles. The molecule has 2 N–H and O–H groups in total. The highest BCUT2D eigenvalue weighted by Gasteiger charge is 2.34. The van der Waals surface area contributed by atoms with Crippen molar-refractivity contribution in [1.82, 2.24) is 0 Å². The summed E-state index contributed by atoms with van der Waals surface area (Å²) in [5.41, 5.74) is 5.85. The first-order valence-corrected chi connectivity index (χ1v) is 6.63. The average molecular weight is 211 g/mol. The zero-order chi connectivity index (χ0) is 10.7. The number of ether oxygens (including phenoxy) is 1. The summed E-state index contributed by atoms with van der Waals surface area (Å²) in [4.78, 5) is 0. The maximum atomic E-state index is 5.99.